The van der Waals surface area contributed by atoms with Gasteiger partial charge in [-0.1, -0.05) is 0 Å². The van der Waals surface area contributed by atoms with Crippen molar-refractivity contribution in [2.24, 2.45) is 0 Å². The van der Waals surface area contributed by atoms with Crippen molar-refractivity contribution in [1.29, 1.82) is 0 Å². The van der Waals surface area contributed by atoms with Gasteiger partial charge < -0.3 is 14.5 Å². The molecule has 0 spiro atoms. The first-order valence-electron chi connectivity index (χ1n) is 6.52. The van der Waals surface area contributed by atoms with E-state index in [1.807, 2.05) is 23.7 Å². The second kappa shape index (κ2) is 5.68. The molecule has 0 fully saturated rings. The maximum Gasteiger partial charge on any atom is 0.237 e. The Labute approximate surface area is 121 Å². The maximum absolute atomic E-state index is 5.36. The van der Waals surface area contributed by atoms with Crippen molar-refractivity contribution in [1.82, 2.24) is 14.7 Å². The van der Waals surface area contributed by atoms with Crippen molar-refractivity contribution in [3.8, 4) is 5.88 Å². The molecule has 3 aromatic heterocycles. The van der Waals surface area contributed by atoms with Gasteiger partial charge in [-0.05, 0) is 19.1 Å². The molecule has 0 bridgehead atoms. The summed E-state index contributed by atoms with van der Waals surface area (Å²) in [7, 11) is 1.65. The van der Waals surface area contributed by atoms with E-state index in [2.05, 4.69) is 21.6 Å². The third-order valence-electron chi connectivity index (χ3n) is 3.22. The molecule has 1 N–H and O–H groups in total. The highest BCUT2D eigenvalue weighted by atomic mass is 32.1. The molecule has 0 saturated heterocycles. The lowest BCUT2D eigenvalue weighted by molar-refractivity contribution is 0.389. The lowest BCUT2D eigenvalue weighted by Crippen LogP contribution is -2.28. The number of fused-ring (bicyclic) bond motifs is 1. The van der Waals surface area contributed by atoms with Crippen molar-refractivity contribution >= 4 is 16.3 Å². The van der Waals surface area contributed by atoms with Crippen LogP contribution in [0, 0.1) is 0 Å². The lowest BCUT2D eigenvalue weighted by atomic mass is 10.2. The molecule has 3 heterocycles. The smallest absolute Gasteiger partial charge is 0.237 e. The Morgan fingerprint density at radius 2 is 2.45 bits per heavy atom. The Bertz CT molecular complexity index is 672. The second-order valence-corrected chi connectivity index (χ2v) is 5.56. The van der Waals surface area contributed by atoms with Gasteiger partial charge in [-0.3, -0.25) is 4.40 Å². The van der Waals surface area contributed by atoms with Gasteiger partial charge in [-0.2, -0.15) is 4.98 Å². The molecule has 0 aliphatic heterocycles. The van der Waals surface area contributed by atoms with Gasteiger partial charge in [0.2, 0.25) is 5.88 Å². The van der Waals surface area contributed by atoms with Gasteiger partial charge in [0.15, 0.2) is 4.96 Å². The number of aromatic nitrogens is 2. The Hall–Kier alpha value is -1.79. The number of thiazole rings is 1. The fourth-order valence-electron chi connectivity index (χ4n) is 2.21. The molecule has 6 heteroatoms. The fraction of sp³-hybridized carbons (Fsp3) is 0.357. The Balaban J connectivity index is 1.68. The molecule has 0 aromatic carbocycles. The van der Waals surface area contributed by atoms with Crippen LogP contribution in [0.4, 0.5) is 0 Å². The van der Waals surface area contributed by atoms with Gasteiger partial charge in [0.05, 0.1) is 13.4 Å². The number of ether oxygens (including phenoxy) is 1. The number of furan rings is 1. The molecule has 0 saturated carbocycles. The summed E-state index contributed by atoms with van der Waals surface area (Å²) >= 11 is 1.60. The van der Waals surface area contributed by atoms with Crippen LogP contribution in [-0.2, 0) is 13.0 Å². The summed E-state index contributed by atoms with van der Waals surface area (Å²) in [6.07, 6.45) is 4.58. The molecule has 106 valence electrons. The van der Waals surface area contributed by atoms with Crippen LogP contribution in [0.5, 0.6) is 5.88 Å². The van der Waals surface area contributed by atoms with Crippen molar-refractivity contribution < 1.29 is 9.15 Å². The number of rotatable bonds is 6. The monoisotopic (exact) mass is 291 g/mol. The zero-order chi connectivity index (χ0) is 13.9. The first-order valence-corrected chi connectivity index (χ1v) is 7.40. The molecule has 1 unspecified atom stereocenters. The molecule has 5 nitrogen and oxygen atoms in total. The van der Waals surface area contributed by atoms with Crippen molar-refractivity contribution in [2.45, 2.75) is 25.9 Å². The number of nitrogens with one attached hydrogen (secondary N) is 1. The van der Waals surface area contributed by atoms with E-state index in [9.17, 15) is 0 Å². The van der Waals surface area contributed by atoms with Crippen molar-refractivity contribution in [2.75, 3.05) is 7.11 Å². The maximum atomic E-state index is 5.36. The van der Waals surface area contributed by atoms with Crippen molar-refractivity contribution in [3.05, 3.63) is 41.4 Å². The SMILES string of the molecule is COc1nc2sccn2c1CNC(C)Cc1ccco1. The molecule has 0 aliphatic carbocycles. The van der Waals surface area contributed by atoms with E-state index in [4.69, 9.17) is 9.15 Å². The highest BCUT2D eigenvalue weighted by Crippen LogP contribution is 2.23. The third-order valence-corrected chi connectivity index (χ3v) is 3.98. The predicted molar refractivity (Wildman–Crippen MR) is 78.3 cm³/mol. The van der Waals surface area contributed by atoms with Crippen LogP contribution in [0.25, 0.3) is 4.96 Å². The molecular weight excluding hydrogens is 274 g/mol. The number of hydrogen-bond donors (Lipinski definition) is 1. The molecule has 0 radical (unpaired) electrons. The first-order chi connectivity index (χ1) is 9.78. The molecular formula is C14H17N3O2S. The minimum atomic E-state index is 0.315. The van der Waals surface area contributed by atoms with E-state index in [0.717, 1.165) is 22.8 Å². The second-order valence-electron chi connectivity index (χ2n) is 4.69. The van der Waals surface area contributed by atoms with E-state index in [1.54, 1.807) is 24.7 Å². The van der Waals surface area contributed by atoms with Gasteiger partial charge in [0, 0.05) is 30.6 Å². The average Bonchev–Trinajstić information content (AvgIpc) is 3.12. The summed E-state index contributed by atoms with van der Waals surface area (Å²) in [6.45, 7) is 2.85. The zero-order valence-electron chi connectivity index (χ0n) is 11.5. The molecule has 20 heavy (non-hydrogen) atoms. The molecule has 0 amide bonds. The Morgan fingerprint density at radius 1 is 1.55 bits per heavy atom. The van der Waals surface area contributed by atoms with Crippen LogP contribution < -0.4 is 10.1 Å². The van der Waals surface area contributed by atoms with Crippen LogP contribution in [0.15, 0.2) is 34.4 Å². The van der Waals surface area contributed by atoms with Crippen LogP contribution in [0.2, 0.25) is 0 Å². The number of hydrogen-bond acceptors (Lipinski definition) is 5. The van der Waals surface area contributed by atoms with E-state index in [1.165, 1.54) is 0 Å². The normalized spacial score (nSPS) is 12.9. The predicted octanol–water partition coefficient (Wildman–Crippen LogP) is 2.72. The summed E-state index contributed by atoms with van der Waals surface area (Å²) in [5.74, 6) is 1.68. The van der Waals surface area contributed by atoms with E-state index >= 15 is 0 Å². The van der Waals surface area contributed by atoms with Gasteiger partial charge in [0.1, 0.15) is 11.5 Å². The van der Waals surface area contributed by atoms with Crippen LogP contribution in [0.1, 0.15) is 18.4 Å². The number of methoxy groups -OCH3 is 1. The fourth-order valence-corrected chi connectivity index (χ4v) is 2.94. The highest BCUT2D eigenvalue weighted by Gasteiger charge is 2.14. The summed E-state index contributed by atoms with van der Waals surface area (Å²) in [4.78, 5) is 5.40. The van der Waals surface area contributed by atoms with Gasteiger partial charge >= 0.3 is 0 Å². The highest BCUT2D eigenvalue weighted by molar-refractivity contribution is 7.15. The van der Waals surface area contributed by atoms with E-state index in [0.29, 0.717) is 18.5 Å². The first kappa shape index (κ1) is 13.2. The topological polar surface area (TPSA) is 51.7 Å². The zero-order valence-corrected chi connectivity index (χ0v) is 12.3. The van der Waals surface area contributed by atoms with E-state index < -0.39 is 0 Å². The Morgan fingerprint density at radius 3 is 3.20 bits per heavy atom. The minimum Gasteiger partial charge on any atom is -0.480 e. The number of nitrogens with zero attached hydrogens (tertiary/aromatic N) is 2. The quantitative estimate of drug-likeness (QED) is 0.758. The summed E-state index contributed by atoms with van der Waals surface area (Å²) in [5.41, 5.74) is 1.05. The van der Waals surface area contributed by atoms with Gasteiger partial charge in [-0.15, -0.1) is 11.3 Å². The standard InChI is InChI=1S/C14H17N3O2S/c1-10(8-11-4-3-6-19-11)15-9-12-13(18-2)16-14-17(12)5-7-20-14/h3-7,10,15H,8-9H2,1-2H3. The summed E-state index contributed by atoms with van der Waals surface area (Å²) in [5, 5.41) is 5.51. The molecule has 0 aliphatic rings. The Kier molecular flexibility index (Phi) is 3.75. The lowest BCUT2D eigenvalue weighted by Gasteiger charge is -2.12. The largest absolute Gasteiger partial charge is 0.480 e. The van der Waals surface area contributed by atoms with Crippen LogP contribution in [0.3, 0.4) is 0 Å². The average molecular weight is 291 g/mol. The minimum absolute atomic E-state index is 0.315. The van der Waals surface area contributed by atoms with Crippen LogP contribution >= 0.6 is 11.3 Å². The van der Waals surface area contributed by atoms with Gasteiger partial charge in [0.25, 0.3) is 0 Å². The number of imidazole rings is 1. The van der Waals surface area contributed by atoms with Crippen LogP contribution in [-0.4, -0.2) is 22.5 Å². The summed E-state index contributed by atoms with van der Waals surface area (Å²) < 4.78 is 12.8. The molecule has 3 aromatic rings. The van der Waals surface area contributed by atoms with Gasteiger partial charge in [-0.25, -0.2) is 0 Å². The van der Waals surface area contributed by atoms with Crippen molar-refractivity contribution in [3.63, 3.8) is 0 Å². The van der Waals surface area contributed by atoms with E-state index in [-0.39, 0.29) is 0 Å². The molecule has 1 atom stereocenters. The third kappa shape index (κ3) is 2.57. The molecule has 3 rings (SSSR count). The summed E-state index contributed by atoms with van der Waals surface area (Å²) in [6, 6.07) is 4.22.